The van der Waals surface area contributed by atoms with Crippen molar-refractivity contribution in [2.24, 2.45) is 0 Å². The predicted molar refractivity (Wildman–Crippen MR) is 53.3 cm³/mol. The zero-order valence-electron chi connectivity index (χ0n) is 6.80. The van der Waals surface area contributed by atoms with E-state index in [4.69, 9.17) is 16.3 Å². The average Bonchev–Trinajstić information content (AvgIpc) is 2.48. The summed E-state index contributed by atoms with van der Waals surface area (Å²) < 4.78 is 18.9. The Hall–Kier alpha value is -0.800. The number of methoxy groups -OCH3 is 1. The van der Waals surface area contributed by atoms with Gasteiger partial charge in [-0.3, -0.25) is 0 Å². The first kappa shape index (κ1) is 8.78. The van der Waals surface area contributed by atoms with Crippen LogP contribution >= 0.6 is 22.9 Å². The fraction of sp³-hybridized carbons (Fsp3) is 0.111. The van der Waals surface area contributed by atoms with Gasteiger partial charge in [-0.25, -0.2) is 4.39 Å². The van der Waals surface area contributed by atoms with E-state index in [9.17, 15) is 4.39 Å². The Kier molecular flexibility index (Phi) is 2.14. The molecule has 0 radical (unpaired) electrons. The predicted octanol–water partition coefficient (Wildman–Crippen LogP) is 3.70. The van der Waals surface area contributed by atoms with Gasteiger partial charge in [-0.2, -0.15) is 0 Å². The van der Waals surface area contributed by atoms with E-state index in [-0.39, 0.29) is 5.82 Å². The molecule has 1 aromatic heterocycles. The van der Waals surface area contributed by atoms with Gasteiger partial charge in [0.15, 0.2) is 0 Å². The molecule has 13 heavy (non-hydrogen) atoms. The lowest BCUT2D eigenvalue weighted by Crippen LogP contribution is -1.82. The summed E-state index contributed by atoms with van der Waals surface area (Å²) in [5.74, 6) is 0.329. The number of fused-ring (bicyclic) bond motifs is 1. The molecule has 2 aromatic rings. The molecule has 0 saturated carbocycles. The first-order valence-corrected chi connectivity index (χ1v) is 4.88. The number of hydrogen-bond donors (Lipinski definition) is 0. The summed E-state index contributed by atoms with van der Waals surface area (Å²) in [7, 11) is 1.53. The Balaban J connectivity index is 2.80. The van der Waals surface area contributed by atoms with Crippen LogP contribution in [0.15, 0.2) is 17.5 Å². The Morgan fingerprint density at radius 1 is 1.46 bits per heavy atom. The topological polar surface area (TPSA) is 9.23 Å². The monoisotopic (exact) mass is 216 g/mol. The van der Waals surface area contributed by atoms with Gasteiger partial charge >= 0.3 is 0 Å². The third-order valence-corrected chi connectivity index (χ3v) is 3.20. The minimum atomic E-state index is -0.249. The van der Waals surface area contributed by atoms with E-state index < -0.39 is 0 Å². The summed E-state index contributed by atoms with van der Waals surface area (Å²) in [6.07, 6.45) is 0. The highest BCUT2D eigenvalue weighted by atomic mass is 35.5. The highest BCUT2D eigenvalue weighted by Crippen LogP contribution is 2.34. The van der Waals surface area contributed by atoms with Crippen LogP contribution in [-0.2, 0) is 0 Å². The SMILES string of the molecule is COc1cc(Cl)c2scc(F)c2c1. The lowest BCUT2D eigenvalue weighted by Gasteiger charge is -2.00. The lowest BCUT2D eigenvalue weighted by atomic mass is 10.2. The van der Waals surface area contributed by atoms with Crippen molar-refractivity contribution in [2.45, 2.75) is 0 Å². The fourth-order valence-corrected chi connectivity index (χ4v) is 2.30. The van der Waals surface area contributed by atoms with E-state index in [1.165, 1.54) is 23.8 Å². The highest BCUT2D eigenvalue weighted by molar-refractivity contribution is 7.17. The maximum absolute atomic E-state index is 13.1. The molecule has 4 heteroatoms. The molecular formula is C9H6ClFOS. The van der Waals surface area contributed by atoms with E-state index in [1.54, 1.807) is 12.1 Å². The van der Waals surface area contributed by atoms with E-state index in [0.29, 0.717) is 16.2 Å². The van der Waals surface area contributed by atoms with Gasteiger partial charge in [0.25, 0.3) is 0 Å². The molecule has 0 saturated heterocycles. The minimum absolute atomic E-state index is 0.249. The molecule has 0 aliphatic carbocycles. The number of halogens is 2. The summed E-state index contributed by atoms with van der Waals surface area (Å²) >= 11 is 7.22. The van der Waals surface area contributed by atoms with Crippen LogP contribution < -0.4 is 4.74 Å². The summed E-state index contributed by atoms with van der Waals surface area (Å²) in [6.45, 7) is 0. The summed E-state index contributed by atoms with van der Waals surface area (Å²) in [6, 6.07) is 3.33. The zero-order chi connectivity index (χ0) is 9.42. The van der Waals surface area contributed by atoms with E-state index in [1.807, 2.05) is 0 Å². The molecule has 68 valence electrons. The summed E-state index contributed by atoms with van der Waals surface area (Å²) in [5.41, 5.74) is 0. The van der Waals surface area contributed by atoms with Crippen LogP contribution in [0.4, 0.5) is 4.39 Å². The quantitative estimate of drug-likeness (QED) is 0.706. The highest BCUT2D eigenvalue weighted by Gasteiger charge is 2.08. The zero-order valence-corrected chi connectivity index (χ0v) is 8.38. The van der Waals surface area contributed by atoms with Crippen molar-refractivity contribution in [3.05, 3.63) is 28.4 Å². The molecule has 1 heterocycles. The third-order valence-electron chi connectivity index (χ3n) is 1.79. The van der Waals surface area contributed by atoms with Crippen LogP contribution in [0.25, 0.3) is 10.1 Å². The van der Waals surface area contributed by atoms with Crippen LogP contribution in [-0.4, -0.2) is 7.11 Å². The molecule has 0 atom stereocenters. The standard InChI is InChI=1S/C9H6ClFOS/c1-12-5-2-6-8(11)4-13-9(6)7(10)3-5/h2-4H,1H3. The van der Waals surface area contributed by atoms with E-state index >= 15 is 0 Å². The second-order valence-electron chi connectivity index (χ2n) is 2.57. The van der Waals surface area contributed by atoms with Crippen LogP contribution in [0.3, 0.4) is 0 Å². The molecule has 0 aliphatic rings. The maximum atomic E-state index is 13.1. The Morgan fingerprint density at radius 3 is 2.92 bits per heavy atom. The molecule has 0 spiro atoms. The van der Waals surface area contributed by atoms with Gasteiger partial charge in [0.2, 0.25) is 0 Å². The van der Waals surface area contributed by atoms with Crippen molar-refractivity contribution in [1.82, 2.24) is 0 Å². The number of hydrogen-bond acceptors (Lipinski definition) is 2. The smallest absolute Gasteiger partial charge is 0.141 e. The number of rotatable bonds is 1. The van der Waals surface area contributed by atoms with Crippen molar-refractivity contribution in [1.29, 1.82) is 0 Å². The molecule has 0 amide bonds. The fourth-order valence-electron chi connectivity index (χ4n) is 1.16. The second kappa shape index (κ2) is 3.16. The van der Waals surface area contributed by atoms with Gasteiger partial charge < -0.3 is 4.74 Å². The van der Waals surface area contributed by atoms with E-state index in [2.05, 4.69) is 0 Å². The van der Waals surface area contributed by atoms with Crippen molar-refractivity contribution < 1.29 is 9.13 Å². The van der Waals surface area contributed by atoms with Crippen molar-refractivity contribution in [2.75, 3.05) is 7.11 Å². The van der Waals surface area contributed by atoms with Crippen LogP contribution in [0.1, 0.15) is 0 Å². The van der Waals surface area contributed by atoms with E-state index in [0.717, 1.165) is 4.70 Å². The second-order valence-corrected chi connectivity index (χ2v) is 3.86. The molecule has 0 aliphatic heterocycles. The molecule has 1 nitrogen and oxygen atoms in total. The average molecular weight is 217 g/mol. The van der Waals surface area contributed by atoms with Gasteiger partial charge in [-0.05, 0) is 6.07 Å². The lowest BCUT2D eigenvalue weighted by molar-refractivity contribution is 0.415. The van der Waals surface area contributed by atoms with Crippen molar-refractivity contribution >= 4 is 33.0 Å². The third kappa shape index (κ3) is 1.38. The molecule has 0 bridgehead atoms. The van der Waals surface area contributed by atoms with Gasteiger partial charge in [0.1, 0.15) is 11.6 Å². The summed E-state index contributed by atoms with van der Waals surface area (Å²) in [4.78, 5) is 0. The Bertz CT molecular complexity index is 452. The Labute approximate surface area is 83.7 Å². The van der Waals surface area contributed by atoms with Gasteiger partial charge in [-0.15, -0.1) is 11.3 Å². The molecule has 1 aromatic carbocycles. The number of thiophene rings is 1. The molecule has 2 rings (SSSR count). The molecule has 0 N–H and O–H groups in total. The first-order valence-electron chi connectivity index (χ1n) is 3.62. The van der Waals surface area contributed by atoms with Crippen LogP contribution in [0.2, 0.25) is 5.02 Å². The van der Waals surface area contributed by atoms with Crippen molar-refractivity contribution in [3.63, 3.8) is 0 Å². The number of benzene rings is 1. The van der Waals surface area contributed by atoms with Crippen LogP contribution in [0, 0.1) is 5.82 Å². The first-order chi connectivity index (χ1) is 6.22. The molecular weight excluding hydrogens is 211 g/mol. The maximum Gasteiger partial charge on any atom is 0.141 e. The van der Waals surface area contributed by atoms with Gasteiger partial charge in [-0.1, -0.05) is 11.6 Å². The van der Waals surface area contributed by atoms with Gasteiger partial charge in [0, 0.05) is 16.8 Å². The van der Waals surface area contributed by atoms with Crippen LogP contribution in [0.5, 0.6) is 5.75 Å². The molecule has 0 fully saturated rings. The van der Waals surface area contributed by atoms with Gasteiger partial charge in [0.05, 0.1) is 16.8 Å². The minimum Gasteiger partial charge on any atom is -0.497 e. The Morgan fingerprint density at radius 2 is 2.23 bits per heavy atom. The largest absolute Gasteiger partial charge is 0.497 e. The normalized spacial score (nSPS) is 10.7. The molecule has 0 unspecified atom stereocenters. The number of ether oxygens (including phenoxy) is 1. The summed E-state index contributed by atoms with van der Waals surface area (Å²) in [5, 5.41) is 2.49. The van der Waals surface area contributed by atoms with Crippen molar-refractivity contribution in [3.8, 4) is 5.75 Å².